The quantitative estimate of drug-likeness (QED) is 0.649. The van der Waals surface area contributed by atoms with Gasteiger partial charge in [0.05, 0.1) is 31.2 Å². The molecule has 0 spiro atoms. The van der Waals surface area contributed by atoms with E-state index in [4.69, 9.17) is 9.47 Å². The summed E-state index contributed by atoms with van der Waals surface area (Å²) in [7, 11) is 1.29. The van der Waals surface area contributed by atoms with Crippen molar-refractivity contribution in [2.75, 3.05) is 12.4 Å². The number of benzene rings is 1. The molecule has 8 heteroatoms. The van der Waals surface area contributed by atoms with E-state index in [-0.39, 0.29) is 11.0 Å². The van der Waals surface area contributed by atoms with Crippen LogP contribution < -0.4 is 5.32 Å². The Labute approximate surface area is 190 Å². The third-order valence-electron chi connectivity index (χ3n) is 6.34. The Balaban J connectivity index is 1.64. The van der Waals surface area contributed by atoms with E-state index in [1.54, 1.807) is 5.38 Å². The van der Waals surface area contributed by atoms with Crippen molar-refractivity contribution in [2.24, 2.45) is 11.8 Å². The van der Waals surface area contributed by atoms with Gasteiger partial charge in [-0.3, -0.25) is 9.59 Å². The van der Waals surface area contributed by atoms with Crippen LogP contribution in [0.4, 0.5) is 5.00 Å². The summed E-state index contributed by atoms with van der Waals surface area (Å²) < 4.78 is 10.7. The van der Waals surface area contributed by atoms with E-state index in [0.717, 1.165) is 5.56 Å². The van der Waals surface area contributed by atoms with Crippen molar-refractivity contribution < 1.29 is 29.0 Å². The second-order valence-corrected chi connectivity index (χ2v) is 10.2. The molecule has 7 nitrogen and oxygen atoms in total. The Bertz CT molecular complexity index is 1050. The summed E-state index contributed by atoms with van der Waals surface area (Å²) in [4.78, 5) is 37.5. The fraction of sp³-hybridized carbons (Fsp3) is 0.458. The zero-order chi connectivity index (χ0) is 23.2. The third-order valence-corrected chi connectivity index (χ3v) is 7.24. The molecule has 4 rings (SSSR count). The van der Waals surface area contributed by atoms with Gasteiger partial charge in [0.15, 0.2) is 0 Å². The number of ether oxygens (including phenoxy) is 2. The van der Waals surface area contributed by atoms with E-state index in [1.165, 1.54) is 24.0 Å². The summed E-state index contributed by atoms with van der Waals surface area (Å²) in [5.74, 6) is -3.69. The van der Waals surface area contributed by atoms with Crippen molar-refractivity contribution in [3.8, 4) is 11.1 Å². The molecule has 2 aliphatic rings. The first-order valence-electron chi connectivity index (χ1n) is 10.6. The Morgan fingerprint density at radius 2 is 1.72 bits per heavy atom. The van der Waals surface area contributed by atoms with Crippen molar-refractivity contribution in [1.29, 1.82) is 0 Å². The number of fused-ring (bicyclic) bond motifs is 2. The van der Waals surface area contributed by atoms with E-state index in [1.807, 2.05) is 24.3 Å². The van der Waals surface area contributed by atoms with Gasteiger partial charge in [-0.05, 0) is 29.4 Å². The van der Waals surface area contributed by atoms with Crippen molar-refractivity contribution in [1.82, 2.24) is 0 Å². The van der Waals surface area contributed by atoms with Crippen LogP contribution in [-0.4, -0.2) is 42.3 Å². The molecule has 1 aromatic carbocycles. The average molecular weight is 458 g/mol. The first-order valence-corrected chi connectivity index (χ1v) is 11.5. The predicted molar refractivity (Wildman–Crippen MR) is 121 cm³/mol. The second-order valence-electron chi connectivity index (χ2n) is 9.34. The van der Waals surface area contributed by atoms with Gasteiger partial charge in [0, 0.05) is 10.9 Å². The summed E-state index contributed by atoms with van der Waals surface area (Å²) in [6, 6.07) is 7.95. The summed E-state index contributed by atoms with van der Waals surface area (Å²) in [5, 5.41) is 14.6. The molecule has 2 saturated heterocycles. The molecule has 2 aliphatic heterocycles. The highest BCUT2D eigenvalue weighted by atomic mass is 32.1. The SMILES string of the molecule is COC(=O)c1c(-c2ccc(C(C)(C)C)cc2)csc1NC(=O)[C@@H]1[C@@H](C(=O)O)[C@H]2CC[C@@H]1O2. The minimum atomic E-state index is -1.03. The van der Waals surface area contributed by atoms with Crippen LogP contribution in [0.3, 0.4) is 0 Å². The van der Waals surface area contributed by atoms with Crippen LogP contribution in [0, 0.1) is 11.8 Å². The molecular weight excluding hydrogens is 430 g/mol. The molecule has 2 aromatic rings. The van der Waals surface area contributed by atoms with E-state index in [0.29, 0.717) is 23.4 Å². The standard InChI is InChI=1S/C24H27NO6S/c1-24(2,3)13-7-5-12(6-8-13)14-11-32-21(17(14)23(29)30-4)25-20(26)18-15-9-10-16(31-15)19(18)22(27)28/h5-8,11,15-16,18-19H,9-10H2,1-4H3,(H,25,26)(H,27,28)/t15-,16+,18-,19-/m0/s1. The van der Waals surface area contributed by atoms with Crippen molar-refractivity contribution in [2.45, 2.75) is 51.2 Å². The summed E-state index contributed by atoms with van der Waals surface area (Å²) in [6.45, 7) is 6.39. The first kappa shape index (κ1) is 22.5. The lowest BCUT2D eigenvalue weighted by molar-refractivity contribution is -0.147. The third kappa shape index (κ3) is 3.93. The number of rotatable bonds is 5. The summed E-state index contributed by atoms with van der Waals surface area (Å²) in [5.41, 5.74) is 2.94. The molecule has 2 N–H and O–H groups in total. The van der Waals surface area contributed by atoms with Crippen molar-refractivity contribution in [3.05, 3.63) is 40.8 Å². The maximum atomic E-state index is 13.1. The lowest BCUT2D eigenvalue weighted by atomic mass is 9.78. The largest absolute Gasteiger partial charge is 0.481 e. The van der Waals surface area contributed by atoms with E-state index < -0.39 is 41.9 Å². The number of hydrogen-bond donors (Lipinski definition) is 2. The van der Waals surface area contributed by atoms with Crippen LogP contribution in [-0.2, 0) is 24.5 Å². The van der Waals surface area contributed by atoms with Crippen molar-refractivity contribution >= 4 is 34.2 Å². The highest BCUT2D eigenvalue weighted by Crippen LogP contribution is 2.45. The summed E-state index contributed by atoms with van der Waals surface area (Å²) in [6.07, 6.45) is 0.458. The number of hydrogen-bond acceptors (Lipinski definition) is 6. The number of methoxy groups -OCH3 is 1. The Hall–Kier alpha value is -2.71. The number of carbonyl (C=O) groups is 3. The number of esters is 1. The van der Waals surface area contributed by atoms with Crippen LogP contribution in [0.2, 0.25) is 0 Å². The molecular formula is C24H27NO6S. The number of nitrogens with one attached hydrogen (secondary N) is 1. The van der Waals surface area contributed by atoms with Gasteiger partial charge in [-0.15, -0.1) is 11.3 Å². The number of aliphatic carboxylic acids is 1. The number of carboxylic acids is 1. The molecule has 1 amide bonds. The minimum absolute atomic E-state index is 0.000902. The number of carbonyl (C=O) groups excluding carboxylic acids is 2. The Morgan fingerprint density at radius 1 is 1.09 bits per heavy atom. The first-order chi connectivity index (χ1) is 15.1. The van der Waals surface area contributed by atoms with Gasteiger partial charge in [-0.1, -0.05) is 45.0 Å². The molecule has 32 heavy (non-hydrogen) atoms. The number of anilines is 1. The summed E-state index contributed by atoms with van der Waals surface area (Å²) >= 11 is 1.22. The predicted octanol–water partition coefficient (Wildman–Crippen LogP) is 4.32. The van der Waals surface area contributed by atoms with Gasteiger partial charge in [-0.2, -0.15) is 0 Å². The van der Waals surface area contributed by atoms with E-state index in [9.17, 15) is 19.5 Å². The molecule has 4 atom stereocenters. The maximum absolute atomic E-state index is 13.1. The molecule has 0 aliphatic carbocycles. The Kier molecular flexibility index (Phi) is 5.85. The molecule has 170 valence electrons. The van der Waals surface area contributed by atoms with Gasteiger partial charge in [0.25, 0.3) is 0 Å². The number of amides is 1. The van der Waals surface area contributed by atoms with Crippen LogP contribution in [0.15, 0.2) is 29.6 Å². The average Bonchev–Trinajstić information content (AvgIpc) is 3.47. The van der Waals surface area contributed by atoms with Crippen molar-refractivity contribution in [3.63, 3.8) is 0 Å². The lowest BCUT2D eigenvalue weighted by Crippen LogP contribution is -2.41. The maximum Gasteiger partial charge on any atom is 0.341 e. The zero-order valence-electron chi connectivity index (χ0n) is 18.5. The van der Waals surface area contributed by atoms with Crippen LogP contribution >= 0.6 is 11.3 Å². The van der Waals surface area contributed by atoms with Gasteiger partial charge >= 0.3 is 11.9 Å². The topological polar surface area (TPSA) is 102 Å². The molecule has 2 fully saturated rings. The van der Waals surface area contributed by atoms with Gasteiger partial charge in [0.1, 0.15) is 10.6 Å². The number of thiophene rings is 1. The van der Waals surface area contributed by atoms with E-state index >= 15 is 0 Å². The highest BCUT2D eigenvalue weighted by Gasteiger charge is 2.55. The number of carboxylic acid groups (broad SMARTS) is 1. The van der Waals surface area contributed by atoms with Gasteiger partial charge < -0.3 is 19.9 Å². The lowest BCUT2D eigenvalue weighted by Gasteiger charge is -2.23. The fourth-order valence-electron chi connectivity index (χ4n) is 4.64. The molecule has 0 unspecified atom stereocenters. The monoisotopic (exact) mass is 457 g/mol. The van der Waals surface area contributed by atoms with Gasteiger partial charge in [0.2, 0.25) is 5.91 Å². The van der Waals surface area contributed by atoms with E-state index in [2.05, 4.69) is 26.1 Å². The molecule has 3 heterocycles. The smallest absolute Gasteiger partial charge is 0.341 e. The molecule has 2 bridgehead atoms. The molecule has 1 aromatic heterocycles. The Morgan fingerprint density at radius 3 is 2.28 bits per heavy atom. The van der Waals surface area contributed by atoms with Crippen LogP contribution in [0.5, 0.6) is 0 Å². The van der Waals surface area contributed by atoms with Gasteiger partial charge in [-0.25, -0.2) is 4.79 Å². The zero-order valence-corrected chi connectivity index (χ0v) is 19.3. The minimum Gasteiger partial charge on any atom is -0.481 e. The normalized spacial score (nSPS) is 24.4. The second kappa shape index (κ2) is 8.33. The fourth-order valence-corrected chi connectivity index (χ4v) is 5.60. The molecule has 0 radical (unpaired) electrons. The van der Waals surface area contributed by atoms with Crippen LogP contribution in [0.1, 0.15) is 49.5 Å². The van der Waals surface area contributed by atoms with Crippen LogP contribution in [0.25, 0.3) is 11.1 Å². The molecule has 0 saturated carbocycles. The highest BCUT2D eigenvalue weighted by molar-refractivity contribution is 7.15.